The lowest BCUT2D eigenvalue weighted by Gasteiger charge is -2.11. The predicted molar refractivity (Wildman–Crippen MR) is 68.2 cm³/mol. The molecule has 0 nitrogen and oxygen atoms in total. The van der Waals surface area contributed by atoms with Gasteiger partial charge in [-0.05, 0) is 17.7 Å². The average Bonchev–Trinajstić information content (AvgIpc) is 2.29. The second kappa shape index (κ2) is 4.98. The molecule has 0 aromatic heterocycles. The van der Waals surface area contributed by atoms with E-state index in [9.17, 15) is 4.39 Å². The van der Waals surface area contributed by atoms with E-state index >= 15 is 0 Å². The Morgan fingerprint density at radius 1 is 1.06 bits per heavy atom. The SMILES string of the molecule is Fc1cc(Br)ccc1C(Cl)c1ccccc1. The highest BCUT2D eigenvalue weighted by molar-refractivity contribution is 9.10. The van der Waals surface area contributed by atoms with Gasteiger partial charge in [-0.3, -0.25) is 0 Å². The first-order chi connectivity index (χ1) is 7.68. The van der Waals surface area contributed by atoms with Crippen LogP contribution in [-0.2, 0) is 0 Å². The van der Waals surface area contributed by atoms with Crippen LogP contribution in [0.15, 0.2) is 53.0 Å². The van der Waals surface area contributed by atoms with E-state index < -0.39 is 5.38 Å². The van der Waals surface area contributed by atoms with E-state index in [2.05, 4.69) is 15.9 Å². The van der Waals surface area contributed by atoms with Crippen LogP contribution >= 0.6 is 27.5 Å². The average molecular weight is 300 g/mol. The summed E-state index contributed by atoms with van der Waals surface area (Å²) in [4.78, 5) is 0. The minimum Gasteiger partial charge on any atom is -0.207 e. The number of halogens is 3. The molecular formula is C13H9BrClF. The lowest BCUT2D eigenvalue weighted by molar-refractivity contribution is 0.611. The van der Waals surface area contributed by atoms with Crippen LogP contribution in [0.4, 0.5) is 4.39 Å². The fourth-order valence-electron chi connectivity index (χ4n) is 1.51. The third kappa shape index (κ3) is 2.45. The highest BCUT2D eigenvalue weighted by Crippen LogP contribution is 2.31. The van der Waals surface area contributed by atoms with Gasteiger partial charge in [-0.1, -0.05) is 52.3 Å². The lowest BCUT2D eigenvalue weighted by Crippen LogP contribution is -1.96. The van der Waals surface area contributed by atoms with Crippen molar-refractivity contribution in [3.05, 3.63) is 69.9 Å². The van der Waals surface area contributed by atoms with Crippen LogP contribution in [0, 0.1) is 5.82 Å². The molecule has 0 aliphatic heterocycles. The van der Waals surface area contributed by atoms with E-state index in [0.29, 0.717) is 10.0 Å². The summed E-state index contributed by atoms with van der Waals surface area (Å²) in [5.74, 6) is -0.293. The molecule has 0 N–H and O–H groups in total. The van der Waals surface area contributed by atoms with Gasteiger partial charge < -0.3 is 0 Å². The van der Waals surface area contributed by atoms with Gasteiger partial charge in [-0.15, -0.1) is 11.6 Å². The molecule has 0 radical (unpaired) electrons. The van der Waals surface area contributed by atoms with Crippen molar-refractivity contribution in [1.29, 1.82) is 0 Å². The van der Waals surface area contributed by atoms with Crippen LogP contribution in [0.5, 0.6) is 0 Å². The summed E-state index contributed by atoms with van der Waals surface area (Å²) in [6, 6.07) is 14.4. The first-order valence-electron chi connectivity index (χ1n) is 4.82. The summed E-state index contributed by atoms with van der Waals surface area (Å²) >= 11 is 9.45. The van der Waals surface area contributed by atoms with E-state index in [0.717, 1.165) is 5.56 Å². The molecule has 0 saturated carbocycles. The van der Waals surface area contributed by atoms with Gasteiger partial charge in [0.1, 0.15) is 5.82 Å². The van der Waals surface area contributed by atoms with Crippen molar-refractivity contribution in [3.63, 3.8) is 0 Å². The molecule has 0 heterocycles. The normalized spacial score (nSPS) is 12.4. The third-order valence-electron chi connectivity index (χ3n) is 2.33. The second-order valence-electron chi connectivity index (χ2n) is 3.44. The number of hydrogen-bond acceptors (Lipinski definition) is 0. The van der Waals surface area contributed by atoms with E-state index in [-0.39, 0.29) is 5.82 Å². The number of alkyl halides is 1. The maximum absolute atomic E-state index is 13.7. The topological polar surface area (TPSA) is 0 Å². The van der Waals surface area contributed by atoms with Gasteiger partial charge >= 0.3 is 0 Å². The van der Waals surface area contributed by atoms with E-state index in [4.69, 9.17) is 11.6 Å². The predicted octanol–water partition coefficient (Wildman–Crippen LogP) is 4.92. The zero-order valence-electron chi connectivity index (χ0n) is 8.33. The summed E-state index contributed by atoms with van der Waals surface area (Å²) in [7, 11) is 0. The van der Waals surface area contributed by atoms with Crippen molar-refractivity contribution < 1.29 is 4.39 Å². The van der Waals surface area contributed by atoms with Gasteiger partial charge in [0.05, 0.1) is 5.38 Å². The molecule has 0 amide bonds. The molecule has 0 bridgehead atoms. The first kappa shape index (κ1) is 11.6. The zero-order valence-corrected chi connectivity index (χ0v) is 10.7. The minimum atomic E-state index is -0.450. The summed E-state index contributed by atoms with van der Waals surface area (Å²) in [5.41, 5.74) is 1.39. The van der Waals surface area contributed by atoms with Gasteiger partial charge in [-0.2, -0.15) is 0 Å². The van der Waals surface area contributed by atoms with E-state index in [1.807, 2.05) is 30.3 Å². The summed E-state index contributed by atoms with van der Waals surface area (Å²) in [5, 5.41) is -0.450. The standard InChI is InChI=1S/C13H9BrClF/c14-10-6-7-11(12(16)8-10)13(15)9-4-2-1-3-5-9/h1-8,13H. The molecule has 0 aliphatic carbocycles. The van der Waals surface area contributed by atoms with Crippen molar-refractivity contribution in [3.8, 4) is 0 Å². The highest BCUT2D eigenvalue weighted by Gasteiger charge is 2.14. The summed E-state index contributed by atoms with van der Waals surface area (Å²) in [6.45, 7) is 0. The Labute approximate surface area is 107 Å². The Hall–Kier alpha value is -0.860. The summed E-state index contributed by atoms with van der Waals surface area (Å²) < 4.78 is 14.4. The molecule has 0 aliphatic rings. The monoisotopic (exact) mass is 298 g/mol. The van der Waals surface area contributed by atoms with Gasteiger partial charge in [-0.25, -0.2) is 4.39 Å². The number of rotatable bonds is 2. The molecule has 0 spiro atoms. The van der Waals surface area contributed by atoms with Gasteiger partial charge in [0.25, 0.3) is 0 Å². The maximum Gasteiger partial charge on any atom is 0.129 e. The molecule has 16 heavy (non-hydrogen) atoms. The molecule has 1 unspecified atom stereocenters. The smallest absolute Gasteiger partial charge is 0.129 e. The Morgan fingerprint density at radius 3 is 2.38 bits per heavy atom. The van der Waals surface area contributed by atoms with Crippen molar-refractivity contribution in [2.24, 2.45) is 0 Å². The molecule has 82 valence electrons. The molecule has 3 heteroatoms. The molecule has 1 atom stereocenters. The minimum absolute atomic E-state index is 0.293. The fourth-order valence-corrected chi connectivity index (χ4v) is 2.16. The fraction of sp³-hybridized carbons (Fsp3) is 0.0769. The Kier molecular flexibility index (Phi) is 3.62. The van der Waals surface area contributed by atoms with Crippen molar-refractivity contribution in [2.75, 3.05) is 0 Å². The van der Waals surface area contributed by atoms with Gasteiger partial charge in [0.2, 0.25) is 0 Å². The molecular weight excluding hydrogens is 290 g/mol. The zero-order chi connectivity index (χ0) is 11.5. The van der Waals surface area contributed by atoms with Crippen LogP contribution in [-0.4, -0.2) is 0 Å². The molecule has 0 fully saturated rings. The van der Waals surface area contributed by atoms with Crippen molar-refractivity contribution in [2.45, 2.75) is 5.38 Å². The number of benzene rings is 2. The van der Waals surface area contributed by atoms with E-state index in [1.165, 1.54) is 6.07 Å². The molecule has 0 saturated heterocycles. The second-order valence-corrected chi connectivity index (χ2v) is 4.79. The Morgan fingerprint density at radius 2 is 1.75 bits per heavy atom. The highest BCUT2D eigenvalue weighted by atomic mass is 79.9. The van der Waals surface area contributed by atoms with Crippen molar-refractivity contribution in [1.82, 2.24) is 0 Å². The summed E-state index contributed by atoms with van der Waals surface area (Å²) in [6.07, 6.45) is 0. The van der Waals surface area contributed by atoms with Gasteiger partial charge in [0.15, 0.2) is 0 Å². The van der Waals surface area contributed by atoms with Crippen LogP contribution < -0.4 is 0 Å². The first-order valence-corrected chi connectivity index (χ1v) is 6.05. The number of hydrogen-bond donors (Lipinski definition) is 0. The molecule has 2 aromatic rings. The Bertz CT molecular complexity index is 485. The Balaban J connectivity index is 2.38. The van der Waals surface area contributed by atoms with Gasteiger partial charge in [0, 0.05) is 10.0 Å². The molecule has 2 rings (SSSR count). The maximum atomic E-state index is 13.7. The van der Waals surface area contributed by atoms with E-state index in [1.54, 1.807) is 12.1 Å². The quantitative estimate of drug-likeness (QED) is 0.691. The van der Waals surface area contributed by atoms with Crippen LogP contribution in [0.1, 0.15) is 16.5 Å². The lowest BCUT2D eigenvalue weighted by atomic mass is 10.0. The molecule has 2 aromatic carbocycles. The van der Waals surface area contributed by atoms with Crippen LogP contribution in [0.25, 0.3) is 0 Å². The van der Waals surface area contributed by atoms with Crippen LogP contribution in [0.3, 0.4) is 0 Å². The third-order valence-corrected chi connectivity index (χ3v) is 3.31. The van der Waals surface area contributed by atoms with Crippen LogP contribution in [0.2, 0.25) is 0 Å². The van der Waals surface area contributed by atoms with Crippen molar-refractivity contribution >= 4 is 27.5 Å². The largest absolute Gasteiger partial charge is 0.207 e.